The molecule has 0 saturated carbocycles. The number of halogens is 1. The highest BCUT2D eigenvalue weighted by atomic mass is 19.1. The zero-order valence-electron chi connectivity index (χ0n) is 13.3. The van der Waals surface area contributed by atoms with Crippen molar-refractivity contribution in [2.24, 2.45) is 0 Å². The number of carboxylic acids is 1. The van der Waals surface area contributed by atoms with Crippen molar-refractivity contribution in [3.63, 3.8) is 0 Å². The first-order valence-corrected chi connectivity index (χ1v) is 7.74. The molecule has 6 nitrogen and oxygen atoms in total. The Morgan fingerprint density at radius 3 is 2.72 bits per heavy atom. The molecule has 3 rings (SSSR count). The first kappa shape index (κ1) is 16.6. The molecule has 0 bridgehead atoms. The number of aromatic nitrogens is 3. The zero-order chi connectivity index (χ0) is 17.6. The van der Waals surface area contributed by atoms with Gasteiger partial charge in [0.05, 0.1) is 18.4 Å². The van der Waals surface area contributed by atoms with Crippen LogP contribution in [0.1, 0.15) is 22.3 Å². The third-order valence-corrected chi connectivity index (χ3v) is 3.59. The van der Waals surface area contributed by atoms with E-state index in [-0.39, 0.29) is 11.4 Å². The molecule has 0 radical (unpaired) electrons. The van der Waals surface area contributed by atoms with E-state index in [2.05, 4.69) is 10.1 Å². The molecular weight excluding hydrogens is 325 g/mol. The summed E-state index contributed by atoms with van der Waals surface area (Å²) >= 11 is 0. The fraction of sp³-hybridized carbons (Fsp3) is 0.167. The van der Waals surface area contributed by atoms with E-state index in [1.165, 1.54) is 35.1 Å². The lowest BCUT2D eigenvalue weighted by Crippen LogP contribution is -2.08. The van der Waals surface area contributed by atoms with Gasteiger partial charge in [-0.2, -0.15) is 9.78 Å². The fourth-order valence-electron chi connectivity index (χ4n) is 2.34. The summed E-state index contributed by atoms with van der Waals surface area (Å²) in [4.78, 5) is 15.2. The van der Waals surface area contributed by atoms with Crippen LogP contribution in [0.4, 0.5) is 4.39 Å². The van der Waals surface area contributed by atoms with Gasteiger partial charge in [-0.15, -0.1) is 0 Å². The maximum absolute atomic E-state index is 12.9. The lowest BCUT2D eigenvalue weighted by atomic mass is 10.1. The highest BCUT2D eigenvalue weighted by Gasteiger charge is 2.10. The molecule has 0 spiro atoms. The molecule has 2 heterocycles. The van der Waals surface area contributed by atoms with E-state index in [0.29, 0.717) is 18.3 Å². The minimum absolute atomic E-state index is 0.128. The maximum atomic E-state index is 12.9. The molecule has 128 valence electrons. The Kier molecular flexibility index (Phi) is 5.03. The van der Waals surface area contributed by atoms with Gasteiger partial charge in [0, 0.05) is 12.3 Å². The predicted octanol–water partition coefficient (Wildman–Crippen LogP) is 3.12. The molecule has 1 N–H and O–H groups in total. The number of aromatic carboxylic acids is 1. The summed E-state index contributed by atoms with van der Waals surface area (Å²) in [7, 11) is 0. The van der Waals surface area contributed by atoms with Crippen LogP contribution >= 0.6 is 0 Å². The minimum atomic E-state index is -1.03. The van der Waals surface area contributed by atoms with E-state index < -0.39 is 5.97 Å². The molecule has 0 amide bonds. The summed E-state index contributed by atoms with van der Waals surface area (Å²) in [6.07, 6.45) is 4.49. The molecule has 0 aliphatic rings. The van der Waals surface area contributed by atoms with Crippen LogP contribution in [0.15, 0.2) is 54.9 Å². The summed E-state index contributed by atoms with van der Waals surface area (Å²) in [6, 6.07) is 10.9. The van der Waals surface area contributed by atoms with Crippen molar-refractivity contribution in [2.75, 3.05) is 6.61 Å². The van der Waals surface area contributed by atoms with Crippen molar-refractivity contribution >= 4 is 5.97 Å². The monoisotopic (exact) mass is 341 g/mol. The first-order chi connectivity index (χ1) is 12.1. The number of carbonyl (C=O) groups is 1. The third kappa shape index (κ3) is 4.20. The van der Waals surface area contributed by atoms with Crippen molar-refractivity contribution in [3.8, 4) is 11.7 Å². The maximum Gasteiger partial charge on any atom is 0.335 e. The molecule has 0 aliphatic heterocycles. The first-order valence-electron chi connectivity index (χ1n) is 7.74. The molecule has 0 aliphatic carbocycles. The van der Waals surface area contributed by atoms with Crippen LogP contribution in [0.25, 0.3) is 5.82 Å². The van der Waals surface area contributed by atoms with Crippen LogP contribution in [0.5, 0.6) is 5.88 Å². The molecule has 0 unspecified atom stereocenters. The third-order valence-electron chi connectivity index (χ3n) is 3.59. The molecule has 0 saturated heterocycles. The number of hydrogen-bond donors (Lipinski definition) is 1. The predicted molar refractivity (Wildman–Crippen MR) is 88.5 cm³/mol. The van der Waals surface area contributed by atoms with Crippen molar-refractivity contribution in [1.29, 1.82) is 0 Å². The van der Waals surface area contributed by atoms with Crippen LogP contribution in [-0.4, -0.2) is 32.4 Å². The lowest BCUT2D eigenvalue weighted by molar-refractivity contribution is 0.0696. The molecule has 2 aromatic heterocycles. The number of benzene rings is 1. The number of pyridine rings is 1. The second-order valence-corrected chi connectivity index (χ2v) is 5.37. The van der Waals surface area contributed by atoms with Crippen LogP contribution in [0.3, 0.4) is 0 Å². The lowest BCUT2D eigenvalue weighted by Gasteiger charge is -2.09. The molecule has 7 heteroatoms. The van der Waals surface area contributed by atoms with Gasteiger partial charge in [-0.3, -0.25) is 0 Å². The van der Waals surface area contributed by atoms with Crippen molar-refractivity contribution < 1.29 is 19.0 Å². The van der Waals surface area contributed by atoms with Crippen molar-refractivity contribution in [1.82, 2.24) is 14.8 Å². The molecule has 3 aromatic rings. The van der Waals surface area contributed by atoms with Crippen LogP contribution in [0.2, 0.25) is 0 Å². The van der Waals surface area contributed by atoms with Gasteiger partial charge in [-0.1, -0.05) is 12.1 Å². The van der Waals surface area contributed by atoms with Gasteiger partial charge in [0.2, 0.25) is 5.88 Å². The Hall–Kier alpha value is -3.22. The average molecular weight is 341 g/mol. The van der Waals surface area contributed by atoms with Gasteiger partial charge in [0.1, 0.15) is 5.82 Å². The quantitative estimate of drug-likeness (QED) is 0.668. The number of ether oxygens (including phenoxy) is 1. The second kappa shape index (κ2) is 7.57. The molecule has 0 atom stereocenters. The Morgan fingerprint density at radius 2 is 1.96 bits per heavy atom. The van der Waals surface area contributed by atoms with Gasteiger partial charge >= 0.3 is 5.97 Å². The zero-order valence-corrected chi connectivity index (χ0v) is 13.3. The molecule has 0 fully saturated rings. The largest absolute Gasteiger partial charge is 0.478 e. The van der Waals surface area contributed by atoms with E-state index in [1.54, 1.807) is 24.4 Å². The summed E-state index contributed by atoms with van der Waals surface area (Å²) in [6.45, 7) is 0.446. The number of hydrogen-bond acceptors (Lipinski definition) is 4. The summed E-state index contributed by atoms with van der Waals surface area (Å²) in [5.41, 5.74) is 1.16. The molecule has 1 aromatic carbocycles. The Labute approximate surface area is 143 Å². The van der Waals surface area contributed by atoms with Crippen LogP contribution < -0.4 is 4.74 Å². The van der Waals surface area contributed by atoms with Gasteiger partial charge < -0.3 is 9.84 Å². The van der Waals surface area contributed by atoms with Gasteiger partial charge in [-0.25, -0.2) is 14.2 Å². The highest BCUT2D eigenvalue weighted by molar-refractivity contribution is 5.87. The number of aryl methyl sites for hydroxylation is 1. The normalized spacial score (nSPS) is 10.6. The minimum Gasteiger partial charge on any atom is -0.478 e. The summed E-state index contributed by atoms with van der Waals surface area (Å²) in [5, 5.41) is 13.2. The van der Waals surface area contributed by atoms with E-state index in [0.717, 1.165) is 18.4 Å². The number of nitrogens with zero attached hydrogens (tertiary/aromatic N) is 3. The fourth-order valence-corrected chi connectivity index (χ4v) is 2.34. The average Bonchev–Trinajstić information content (AvgIpc) is 3.09. The van der Waals surface area contributed by atoms with Crippen LogP contribution in [-0.2, 0) is 6.42 Å². The Morgan fingerprint density at radius 1 is 1.16 bits per heavy atom. The Balaban J connectivity index is 1.61. The second-order valence-electron chi connectivity index (χ2n) is 5.37. The summed E-state index contributed by atoms with van der Waals surface area (Å²) < 4.78 is 20.0. The Bertz CT molecular complexity index is 862. The van der Waals surface area contributed by atoms with E-state index >= 15 is 0 Å². The van der Waals surface area contributed by atoms with Crippen molar-refractivity contribution in [2.45, 2.75) is 12.8 Å². The molecule has 25 heavy (non-hydrogen) atoms. The number of carboxylic acid groups (broad SMARTS) is 1. The van der Waals surface area contributed by atoms with E-state index in [9.17, 15) is 9.18 Å². The summed E-state index contributed by atoms with van der Waals surface area (Å²) in [5.74, 6) is -0.426. The van der Waals surface area contributed by atoms with E-state index in [1.807, 2.05) is 0 Å². The van der Waals surface area contributed by atoms with Crippen LogP contribution in [0, 0.1) is 5.82 Å². The standard InChI is InChI=1S/C18H16FN3O3/c19-15-5-3-13(4-6-15)2-1-11-25-17-8-10-21-22(17)16-12-14(18(23)24)7-9-20-16/h3-10,12H,1-2,11H2,(H,23,24). The van der Waals surface area contributed by atoms with Gasteiger partial charge in [0.25, 0.3) is 0 Å². The van der Waals surface area contributed by atoms with E-state index in [4.69, 9.17) is 9.84 Å². The highest BCUT2D eigenvalue weighted by Crippen LogP contribution is 2.17. The number of rotatable bonds is 7. The molecular formula is C18H16FN3O3. The van der Waals surface area contributed by atoms with Gasteiger partial charge in [-0.05, 0) is 42.7 Å². The smallest absolute Gasteiger partial charge is 0.335 e. The van der Waals surface area contributed by atoms with Gasteiger partial charge in [0.15, 0.2) is 5.82 Å². The van der Waals surface area contributed by atoms with Crippen molar-refractivity contribution in [3.05, 3.63) is 71.8 Å². The topological polar surface area (TPSA) is 77.2 Å². The SMILES string of the molecule is O=C(O)c1ccnc(-n2nccc2OCCCc2ccc(F)cc2)c1.